The second kappa shape index (κ2) is 71.6. The molecule has 0 amide bonds. The molecule has 0 aromatic rings. The molecule has 0 aliphatic heterocycles. The van der Waals surface area contributed by atoms with Gasteiger partial charge < -0.3 is 14.2 Å². The molecule has 486 valence electrons. The molecule has 0 aliphatic rings. The Balaban J connectivity index is 3.86. The van der Waals surface area contributed by atoms with Gasteiger partial charge in [-0.05, 0) is 44.9 Å². The van der Waals surface area contributed by atoms with Crippen molar-refractivity contribution in [1.82, 2.24) is 0 Å². The largest absolute Gasteiger partial charge is 0.462 e. The van der Waals surface area contributed by atoms with Crippen molar-refractivity contribution >= 4 is 17.9 Å². The molecule has 0 spiro atoms. The van der Waals surface area contributed by atoms with Crippen molar-refractivity contribution in [3.05, 3.63) is 12.2 Å². The summed E-state index contributed by atoms with van der Waals surface area (Å²) >= 11 is 0. The zero-order valence-electron chi connectivity index (χ0n) is 56.1. The average molecular weight is 1160 g/mol. The number of ether oxygens (including phenoxy) is 3. The Morgan fingerprint density at radius 2 is 0.402 bits per heavy atom. The van der Waals surface area contributed by atoms with Gasteiger partial charge in [0.2, 0.25) is 0 Å². The number of hydrogen-bond acceptors (Lipinski definition) is 6. The van der Waals surface area contributed by atoms with Crippen molar-refractivity contribution in [2.45, 2.75) is 444 Å². The average Bonchev–Trinajstić information content (AvgIpc) is 3.47. The normalized spacial score (nSPS) is 12.0. The minimum atomic E-state index is -0.763. The number of carbonyl (C=O) groups is 3. The quantitative estimate of drug-likeness (QED) is 0.0261. The predicted octanol–water partition coefficient (Wildman–Crippen LogP) is 26.0. The Hall–Kier alpha value is -1.85. The molecule has 1 atom stereocenters. The van der Waals surface area contributed by atoms with E-state index in [1.54, 1.807) is 0 Å². The Morgan fingerprint density at radius 3 is 0.610 bits per heavy atom. The van der Waals surface area contributed by atoms with Gasteiger partial charge in [0.1, 0.15) is 13.2 Å². The van der Waals surface area contributed by atoms with E-state index in [4.69, 9.17) is 14.2 Å². The summed E-state index contributed by atoms with van der Waals surface area (Å²) in [7, 11) is 0. The highest BCUT2D eigenvalue weighted by molar-refractivity contribution is 5.71. The summed E-state index contributed by atoms with van der Waals surface area (Å²) in [6, 6.07) is 0. The van der Waals surface area contributed by atoms with Crippen LogP contribution in [0.2, 0.25) is 0 Å². The Bertz CT molecular complexity index is 1280. The zero-order valence-corrected chi connectivity index (χ0v) is 56.1. The minimum Gasteiger partial charge on any atom is -0.462 e. The summed E-state index contributed by atoms with van der Waals surface area (Å²) in [6.07, 6.45) is 87.6. The van der Waals surface area contributed by atoms with Gasteiger partial charge >= 0.3 is 17.9 Å². The van der Waals surface area contributed by atoms with Crippen LogP contribution in [0.5, 0.6) is 0 Å². The molecule has 0 aromatic carbocycles. The third kappa shape index (κ3) is 68.9. The lowest BCUT2D eigenvalue weighted by atomic mass is 10.0. The third-order valence-electron chi connectivity index (χ3n) is 17.5. The molecule has 0 bridgehead atoms. The highest BCUT2D eigenvalue weighted by Crippen LogP contribution is 2.20. The highest BCUT2D eigenvalue weighted by Gasteiger charge is 2.20. The van der Waals surface area contributed by atoms with Crippen LogP contribution < -0.4 is 0 Å². The molecule has 0 rings (SSSR count). The van der Waals surface area contributed by atoms with Crippen LogP contribution in [-0.4, -0.2) is 37.2 Å². The number of unbranched alkanes of at least 4 members (excludes halogenated alkanes) is 58. The molecule has 6 heteroatoms. The van der Waals surface area contributed by atoms with Gasteiger partial charge in [-0.3, -0.25) is 14.4 Å². The zero-order chi connectivity index (χ0) is 59.2. The maximum absolute atomic E-state index is 12.9. The van der Waals surface area contributed by atoms with E-state index in [-0.39, 0.29) is 31.1 Å². The van der Waals surface area contributed by atoms with Crippen molar-refractivity contribution in [3.8, 4) is 0 Å². The number of esters is 3. The lowest BCUT2D eigenvalue weighted by Crippen LogP contribution is -2.30. The van der Waals surface area contributed by atoms with Crippen LogP contribution in [0.3, 0.4) is 0 Å². The summed E-state index contributed by atoms with van der Waals surface area (Å²) in [4.78, 5) is 38.1. The molecule has 0 saturated carbocycles. The molecular weight excluding hydrogens is 1010 g/mol. The molecule has 0 aliphatic carbocycles. The van der Waals surface area contributed by atoms with E-state index in [2.05, 4.69) is 32.9 Å². The van der Waals surface area contributed by atoms with Crippen LogP contribution in [0, 0.1) is 0 Å². The topological polar surface area (TPSA) is 78.9 Å². The second-order valence-corrected chi connectivity index (χ2v) is 25.9. The van der Waals surface area contributed by atoms with Gasteiger partial charge in [-0.15, -0.1) is 0 Å². The number of hydrogen-bond donors (Lipinski definition) is 0. The second-order valence-electron chi connectivity index (χ2n) is 25.9. The van der Waals surface area contributed by atoms with Gasteiger partial charge in [0.25, 0.3) is 0 Å². The molecule has 0 fully saturated rings. The first-order valence-corrected chi connectivity index (χ1v) is 37.7. The van der Waals surface area contributed by atoms with Crippen molar-refractivity contribution in [3.63, 3.8) is 0 Å². The fourth-order valence-electron chi connectivity index (χ4n) is 11.9. The van der Waals surface area contributed by atoms with Gasteiger partial charge in [-0.2, -0.15) is 0 Å². The summed E-state index contributed by atoms with van der Waals surface area (Å²) < 4.78 is 16.9. The minimum absolute atomic E-state index is 0.0633. The molecular formula is C76H146O6. The summed E-state index contributed by atoms with van der Waals surface area (Å²) in [5, 5.41) is 0. The number of rotatable bonds is 71. The standard InChI is InChI=1S/C76H146O6/c1-4-7-10-13-15-17-19-21-23-25-27-29-31-33-35-36-37-38-39-40-41-43-44-46-48-50-52-54-56-58-60-63-66-69-75(78)81-72-73(71-80-74(77)68-65-62-12-9-6-3)82-76(79)70-67-64-61-59-57-55-53-51-49-47-45-42-34-32-30-28-26-24-22-20-18-16-14-11-8-5-2/h25,27,73H,4-24,26,28-72H2,1-3H3/b27-25-. The molecule has 0 N–H and O–H groups in total. The van der Waals surface area contributed by atoms with Crippen LogP contribution in [0.15, 0.2) is 12.2 Å². The first-order valence-electron chi connectivity index (χ1n) is 37.7. The van der Waals surface area contributed by atoms with Gasteiger partial charge in [0.05, 0.1) is 0 Å². The SMILES string of the molecule is CCCCCCCCCC/C=C\CCCCCCCCCCCCCCCCCCCCCCCC(=O)OCC(COC(=O)CCCCCCC)OC(=O)CCCCCCCCCCCCCCCCCCCCCCCCCCCC. The van der Waals surface area contributed by atoms with E-state index < -0.39 is 6.10 Å². The maximum Gasteiger partial charge on any atom is 0.306 e. The van der Waals surface area contributed by atoms with Gasteiger partial charge in [0.15, 0.2) is 6.10 Å². The highest BCUT2D eigenvalue weighted by atomic mass is 16.6. The molecule has 82 heavy (non-hydrogen) atoms. The van der Waals surface area contributed by atoms with E-state index in [9.17, 15) is 14.4 Å². The Kier molecular flexibility index (Phi) is 70.0. The van der Waals surface area contributed by atoms with E-state index in [0.29, 0.717) is 19.3 Å². The molecule has 0 radical (unpaired) electrons. The van der Waals surface area contributed by atoms with Crippen LogP contribution >= 0.6 is 0 Å². The first-order chi connectivity index (χ1) is 40.5. The van der Waals surface area contributed by atoms with Gasteiger partial charge in [-0.25, -0.2) is 0 Å². The third-order valence-corrected chi connectivity index (χ3v) is 17.5. The Labute approximate surface area is 513 Å². The Morgan fingerprint density at radius 1 is 0.232 bits per heavy atom. The maximum atomic E-state index is 12.9. The van der Waals surface area contributed by atoms with E-state index in [0.717, 1.165) is 64.2 Å². The fraction of sp³-hybridized carbons (Fsp3) is 0.934. The van der Waals surface area contributed by atoms with Crippen LogP contribution in [0.25, 0.3) is 0 Å². The molecule has 0 heterocycles. The van der Waals surface area contributed by atoms with Gasteiger partial charge in [0, 0.05) is 19.3 Å². The molecule has 0 saturated heterocycles. The fourth-order valence-corrected chi connectivity index (χ4v) is 11.9. The molecule has 0 aromatic heterocycles. The van der Waals surface area contributed by atoms with E-state index in [1.165, 1.54) is 334 Å². The lowest BCUT2D eigenvalue weighted by Gasteiger charge is -2.18. The first kappa shape index (κ1) is 80.2. The van der Waals surface area contributed by atoms with E-state index >= 15 is 0 Å². The van der Waals surface area contributed by atoms with Crippen molar-refractivity contribution < 1.29 is 28.6 Å². The number of allylic oxidation sites excluding steroid dienone is 2. The van der Waals surface area contributed by atoms with Crippen LogP contribution in [-0.2, 0) is 28.6 Å². The van der Waals surface area contributed by atoms with Gasteiger partial charge in [-0.1, -0.05) is 386 Å². The summed E-state index contributed by atoms with van der Waals surface area (Å²) in [5.41, 5.74) is 0. The smallest absolute Gasteiger partial charge is 0.306 e. The predicted molar refractivity (Wildman–Crippen MR) is 358 cm³/mol. The molecule has 1 unspecified atom stereocenters. The molecule has 6 nitrogen and oxygen atoms in total. The van der Waals surface area contributed by atoms with Crippen LogP contribution in [0.1, 0.15) is 438 Å². The summed E-state index contributed by atoms with van der Waals surface area (Å²) in [5.74, 6) is -0.844. The summed E-state index contributed by atoms with van der Waals surface area (Å²) in [6.45, 7) is 6.65. The monoisotopic (exact) mass is 1160 g/mol. The van der Waals surface area contributed by atoms with Crippen molar-refractivity contribution in [2.75, 3.05) is 13.2 Å². The lowest BCUT2D eigenvalue weighted by molar-refractivity contribution is -0.167. The van der Waals surface area contributed by atoms with Crippen molar-refractivity contribution in [1.29, 1.82) is 0 Å². The van der Waals surface area contributed by atoms with Crippen molar-refractivity contribution in [2.24, 2.45) is 0 Å². The van der Waals surface area contributed by atoms with Crippen LogP contribution in [0.4, 0.5) is 0 Å². The number of carbonyl (C=O) groups excluding carboxylic acids is 3. The van der Waals surface area contributed by atoms with E-state index in [1.807, 2.05) is 0 Å².